The van der Waals surface area contributed by atoms with Crippen LogP contribution >= 0.6 is 0 Å². The first-order valence-corrected chi connectivity index (χ1v) is 10.8. The van der Waals surface area contributed by atoms with Crippen LogP contribution in [0.25, 0.3) is 0 Å². The molecule has 0 spiro atoms. The first-order valence-electron chi connectivity index (χ1n) is 10.8. The lowest BCUT2D eigenvalue weighted by molar-refractivity contribution is 0.0260. The number of fused-ring (bicyclic) bond motifs is 2. The molecular formula is C24H16N4O4. The van der Waals surface area contributed by atoms with Gasteiger partial charge in [-0.1, -0.05) is 36.4 Å². The Balaban J connectivity index is 1.10. The topological polar surface area (TPSA) is 80.8 Å². The molecule has 2 bridgehead atoms. The maximum Gasteiger partial charge on any atom is 0.276 e. The molecule has 4 heterocycles. The lowest BCUT2D eigenvalue weighted by Gasteiger charge is -2.23. The van der Waals surface area contributed by atoms with Crippen LogP contribution in [-0.2, 0) is 0 Å². The normalized spacial score (nSPS) is 39.2. The maximum absolute atomic E-state index is 13.0. The summed E-state index contributed by atoms with van der Waals surface area (Å²) in [6, 6.07) is 13.9. The van der Waals surface area contributed by atoms with Gasteiger partial charge in [0.1, 0.15) is 0 Å². The predicted molar refractivity (Wildman–Crippen MR) is 109 cm³/mol. The quantitative estimate of drug-likeness (QED) is 0.411. The van der Waals surface area contributed by atoms with Gasteiger partial charge < -0.3 is 0 Å². The SMILES string of the molecule is O=C1c2ccccc2C(=O)N1N1[C@@H]2C3C=CC([C@@H]4[C@H]3N4N3C(=O)c4ccccc4C3=O)[C@@H]21. The molecule has 0 N–H and O–H groups in total. The third kappa shape index (κ3) is 1.72. The number of carbonyl (C=O) groups is 4. The van der Waals surface area contributed by atoms with Crippen molar-refractivity contribution in [2.75, 3.05) is 0 Å². The van der Waals surface area contributed by atoms with E-state index in [1.807, 2.05) is 10.0 Å². The van der Waals surface area contributed by atoms with Gasteiger partial charge in [0.05, 0.1) is 46.4 Å². The molecule has 4 unspecified atom stereocenters. The van der Waals surface area contributed by atoms with Gasteiger partial charge in [0.25, 0.3) is 23.6 Å². The van der Waals surface area contributed by atoms with E-state index in [1.165, 1.54) is 10.0 Å². The van der Waals surface area contributed by atoms with Gasteiger partial charge in [0.2, 0.25) is 0 Å². The Kier molecular flexibility index (Phi) is 2.78. The summed E-state index contributed by atoms with van der Waals surface area (Å²) in [5.74, 6) is -1.00. The van der Waals surface area contributed by atoms with Gasteiger partial charge in [0.15, 0.2) is 0 Å². The molecule has 3 aliphatic carbocycles. The number of nitrogens with zero attached hydrogens (tertiary/aromatic N) is 4. The third-order valence-corrected chi connectivity index (χ3v) is 7.88. The molecule has 0 aromatic heterocycles. The lowest BCUT2D eigenvalue weighted by Crippen LogP contribution is -2.40. The third-order valence-electron chi connectivity index (χ3n) is 7.88. The molecule has 0 radical (unpaired) electrons. The van der Waals surface area contributed by atoms with E-state index in [2.05, 4.69) is 12.2 Å². The molecule has 32 heavy (non-hydrogen) atoms. The predicted octanol–water partition coefficient (Wildman–Crippen LogP) is 1.33. The summed E-state index contributed by atoms with van der Waals surface area (Å²) in [6.07, 6.45) is 4.26. The van der Waals surface area contributed by atoms with Gasteiger partial charge in [-0.25, -0.2) is 10.0 Å². The second kappa shape index (κ2) is 5.23. The number of rotatable bonds is 2. The van der Waals surface area contributed by atoms with Crippen molar-refractivity contribution in [2.24, 2.45) is 11.8 Å². The summed E-state index contributed by atoms with van der Waals surface area (Å²) in [5, 5.41) is 6.47. The molecule has 8 nitrogen and oxygen atoms in total. The largest absolute Gasteiger partial charge is 0.276 e. The van der Waals surface area contributed by atoms with Crippen molar-refractivity contribution in [2.45, 2.75) is 24.2 Å². The molecule has 7 aliphatic rings. The van der Waals surface area contributed by atoms with Crippen LogP contribution in [0, 0.1) is 11.8 Å². The van der Waals surface area contributed by atoms with Gasteiger partial charge in [-0.3, -0.25) is 19.2 Å². The second-order valence-electron chi connectivity index (χ2n) is 9.20. The van der Waals surface area contributed by atoms with Crippen LogP contribution < -0.4 is 0 Å². The molecule has 8 atom stereocenters. The summed E-state index contributed by atoms with van der Waals surface area (Å²) in [4.78, 5) is 51.9. The molecule has 4 amide bonds. The van der Waals surface area contributed by atoms with Crippen molar-refractivity contribution in [3.8, 4) is 0 Å². The molecule has 1 saturated carbocycles. The van der Waals surface area contributed by atoms with Crippen LogP contribution in [0.2, 0.25) is 0 Å². The fourth-order valence-electron chi connectivity index (χ4n) is 6.55. The van der Waals surface area contributed by atoms with Gasteiger partial charge in [-0.05, 0) is 24.3 Å². The summed E-state index contributed by atoms with van der Waals surface area (Å²) in [7, 11) is 0. The fourth-order valence-corrected chi connectivity index (χ4v) is 6.55. The number of hydrogen-bond acceptors (Lipinski definition) is 6. The molecule has 9 rings (SSSR count). The minimum absolute atomic E-state index is 0.0219. The Morgan fingerprint density at radius 1 is 0.469 bits per heavy atom. The minimum atomic E-state index is -0.273. The average Bonchev–Trinajstić information content (AvgIpc) is 3.71. The fraction of sp³-hybridized carbons (Fsp3) is 0.250. The van der Waals surface area contributed by atoms with Gasteiger partial charge >= 0.3 is 0 Å². The Hall–Kier alpha value is -3.62. The standard InChI is InChI=1S/C24H16N4O4/c29-21-11-5-1-2-6-12(11)22(30)27(21)25-17-15-9-10-16(18(17)25)20-19(15)26(20)28-23(31)13-7-3-4-8-14(13)24(28)32/h1-10,15-20H/t15?,16?,17-,18+,19+,20-,25?,26?. The van der Waals surface area contributed by atoms with Crippen LogP contribution in [-0.4, -0.2) is 67.8 Å². The summed E-state index contributed by atoms with van der Waals surface area (Å²) in [5.41, 5.74) is 1.78. The van der Waals surface area contributed by atoms with Crippen LogP contribution in [0.15, 0.2) is 60.7 Å². The van der Waals surface area contributed by atoms with Crippen molar-refractivity contribution in [1.29, 1.82) is 0 Å². The second-order valence-corrected chi connectivity index (χ2v) is 9.20. The van der Waals surface area contributed by atoms with E-state index in [1.54, 1.807) is 48.5 Å². The zero-order valence-corrected chi connectivity index (χ0v) is 16.7. The molecule has 2 aromatic carbocycles. The van der Waals surface area contributed by atoms with E-state index < -0.39 is 0 Å². The molecule has 2 saturated heterocycles. The summed E-state index contributed by atoms with van der Waals surface area (Å²) in [6.45, 7) is 0. The molecular weight excluding hydrogens is 408 g/mol. The van der Waals surface area contributed by atoms with Crippen molar-refractivity contribution in [3.05, 3.63) is 82.9 Å². The molecule has 4 aliphatic heterocycles. The minimum Gasteiger partial charge on any atom is -0.267 e. The maximum atomic E-state index is 13.0. The van der Waals surface area contributed by atoms with Crippen LogP contribution in [0.1, 0.15) is 41.4 Å². The van der Waals surface area contributed by atoms with Gasteiger partial charge in [-0.2, -0.15) is 10.0 Å². The highest BCUT2D eigenvalue weighted by atomic mass is 16.2. The molecule has 2 aromatic rings. The van der Waals surface area contributed by atoms with Crippen LogP contribution in [0.4, 0.5) is 0 Å². The molecule has 3 fully saturated rings. The highest BCUT2D eigenvalue weighted by molar-refractivity contribution is 6.22. The van der Waals surface area contributed by atoms with E-state index in [-0.39, 0.29) is 59.6 Å². The first kappa shape index (κ1) is 17.0. The number of amides is 4. The number of imide groups is 2. The van der Waals surface area contributed by atoms with Gasteiger partial charge in [-0.15, -0.1) is 0 Å². The van der Waals surface area contributed by atoms with E-state index in [0.717, 1.165) is 0 Å². The van der Waals surface area contributed by atoms with Crippen molar-refractivity contribution < 1.29 is 19.2 Å². The lowest BCUT2D eigenvalue weighted by atomic mass is 9.76. The Morgan fingerprint density at radius 2 is 0.750 bits per heavy atom. The zero-order valence-electron chi connectivity index (χ0n) is 16.7. The number of benzene rings is 2. The first-order chi connectivity index (χ1) is 15.6. The van der Waals surface area contributed by atoms with E-state index >= 15 is 0 Å². The van der Waals surface area contributed by atoms with Crippen molar-refractivity contribution >= 4 is 23.6 Å². The summed E-state index contributed by atoms with van der Waals surface area (Å²) >= 11 is 0. The van der Waals surface area contributed by atoms with E-state index in [4.69, 9.17) is 0 Å². The molecule has 156 valence electrons. The zero-order chi connectivity index (χ0) is 21.5. The molecule has 8 heteroatoms. The number of hydrazine groups is 2. The number of hydrogen-bond donors (Lipinski definition) is 0. The summed E-state index contributed by atoms with van der Waals surface area (Å²) < 4.78 is 0. The Morgan fingerprint density at radius 3 is 1.03 bits per heavy atom. The highest BCUT2D eigenvalue weighted by Gasteiger charge is 2.78. The number of carbonyl (C=O) groups excluding carboxylic acids is 4. The van der Waals surface area contributed by atoms with Crippen LogP contribution in [0.3, 0.4) is 0 Å². The van der Waals surface area contributed by atoms with Gasteiger partial charge in [0, 0.05) is 11.8 Å². The van der Waals surface area contributed by atoms with Crippen molar-refractivity contribution in [3.63, 3.8) is 0 Å². The smallest absolute Gasteiger partial charge is 0.267 e. The van der Waals surface area contributed by atoms with Crippen LogP contribution in [0.5, 0.6) is 0 Å². The van der Waals surface area contributed by atoms with E-state index in [0.29, 0.717) is 22.3 Å². The highest BCUT2D eigenvalue weighted by Crippen LogP contribution is 2.62. The average molecular weight is 424 g/mol. The van der Waals surface area contributed by atoms with E-state index in [9.17, 15) is 19.2 Å². The Bertz CT molecular complexity index is 1160. The Labute approximate surface area is 182 Å². The van der Waals surface area contributed by atoms with Crippen molar-refractivity contribution in [1.82, 2.24) is 20.0 Å². The monoisotopic (exact) mass is 424 g/mol.